The van der Waals surface area contributed by atoms with Crippen molar-refractivity contribution in [3.63, 3.8) is 0 Å². The van der Waals surface area contributed by atoms with Gasteiger partial charge in [0, 0.05) is 18.6 Å². The van der Waals surface area contributed by atoms with Crippen molar-refractivity contribution >= 4 is 11.9 Å². The molecule has 2 aliphatic rings. The molecule has 0 spiro atoms. The quantitative estimate of drug-likeness (QED) is 0.648. The van der Waals surface area contributed by atoms with Crippen LogP contribution in [0.1, 0.15) is 32.1 Å². The highest BCUT2D eigenvalue weighted by Crippen LogP contribution is 2.19. The molecule has 0 aromatic rings. The molecule has 0 aromatic carbocycles. The van der Waals surface area contributed by atoms with Crippen LogP contribution in [0, 0.1) is 0 Å². The third-order valence-electron chi connectivity index (χ3n) is 3.73. The zero-order valence-electron chi connectivity index (χ0n) is 10.7. The highest BCUT2D eigenvalue weighted by atomic mass is 16.2. The molecule has 2 fully saturated rings. The number of rotatable bonds is 4. The molecule has 0 aromatic heterocycles. The Morgan fingerprint density at radius 2 is 2.06 bits per heavy atom. The summed E-state index contributed by atoms with van der Waals surface area (Å²) < 4.78 is 0. The van der Waals surface area contributed by atoms with E-state index in [1.807, 2.05) is 0 Å². The molecule has 0 bridgehead atoms. The maximum Gasteiger partial charge on any atom is 0.318 e. The predicted octanol–water partition coefficient (Wildman–Crippen LogP) is -0.212. The van der Waals surface area contributed by atoms with Gasteiger partial charge in [-0.25, -0.2) is 4.79 Å². The van der Waals surface area contributed by atoms with E-state index in [4.69, 9.17) is 5.73 Å². The zero-order chi connectivity index (χ0) is 13.0. The molecule has 1 saturated heterocycles. The lowest BCUT2D eigenvalue weighted by molar-refractivity contribution is -0.119. The van der Waals surface area contributed by atoms with Gasteiger partial charge in [0.2, 0.25) is 5.91 Å². The molecule has 1 atom stereocenters. The Hall–Kier alpha value is -1.30. The van der Waals surface area contributed by atoms with Crippen LogP contribution in [0.2, 0.25) is 0 Å². The molecule has 0 radical (unpaired) electrons. The molecule has 3 amide bonds. The monoisotopic (exact) mass is 254 g/mol. The fourth-order valence-electron chi connectivity index (χ4n) is 2.44. The van der Waals surface area contributed by atoms with Crippen LogP contribution in [0.15, 0.2) is 0 Å². The zero-order valence-corrected chi connectivity index (χ0v) is 10.7. The van der Waals surface area contributed by atoms with Gasteiger partial charge in [-0.3, -0.25) is 4.79 Å². The summed E-state index contributed by atoms with van der Waals surface area (Å²) in [5, 5.41) is 6.22. The minimum Gasteiger partial charge on any atom is -0.368 e. The summed E-state index contributed by atoms with van der Waals surface area (Å²) in [6, 6.07) is 0.211. The van der Waals surface area contributed by atoms with Crippen LogP contribution < -0.4 is 16.4 Å². The van der Waals surface area contributed by atoms with Gasteiger partial charge in [0.1, 0.15) is 6.54 Å². The molecule has 4 N–H and O–H groups in total. The first-order chi connectivity index (χ1) is 8.66. The van der Waals surface area contributed by atoms with Crippen LogP contribution >= 0.6 is 0 Å². The molecule has 6 nitrogen and oxygen atoms in total. The molecule has 102 valence electrons. The Labute approximate surface area is 107 Å². The Morgan fingerprint density at radius 3 is 2.56 bits per heavy atom. The number of hydrogen-bond donors (Lipinski definition) is 3. The molecule has 2 rings (SSSR count). The third-order valence-corrected chi connectivity index (χ3v) is 3.73. The topological polar surface area (TPSA) is 87.5 Å². The molecular weight excluding hydrogens is 232 g/mol. The average Bonchev–Trinajstić information content (AvgIpc) is 2.31. The van der Waals surface area contributed by atoms with E-state index >= 15 is 0 Å². The first kappa shape index (κ1) is 13.1. The highest BCUT2D eigenvalue weighted by Gasteiger charge is 2.29. The Kier molecular flexibility index (Phi) is 4.41. The maximum atomic E-state index is 12.2. The van der Waals surface area contributed by atoms with Gasteiger partial charge >= 0.3 is 6.03 Å². The minimum atomic E-state index is -0.454. The lowest BCUT2D eigenvalue weighted by atomic mass is 9.93. The van der Waals surface area contributed by atoms with Crippen molar-refractivity contribution in [2.75, 3.05) is 19.6 Å². The van der Waals surface area contributed by atoms with Gasteiger partial charge in [-0.15, -0.1) is 0 Å². The van der Waals surface area contributed by atoms with Crippen LogP contribution in [-0.4, -0.2) is 48.6 Å². The molecule has 1 unspecified atom stereocenters. The standard InChI is InChI=1S/C12H22N4O2/c13-11(17)8-16(10-5-2-6-14-7-10)12(18)15-9-3-1-4-9/h9-10,14H,1-8H2,(H2,13,17)(H,15,18). The fourth-order valence-corrected chi connectivity index (χ4v) is 2.44. The smallest absolute Gasteiger partial charge is 0.318 e. The number of urea groups is 1. The van der Waals surface area contributed by atoms with E-state index in [1.54, 1.807) is 4.90 Å². The summed E-state index contributed by atoms with van der Waals surface area (Å²) in [6.45, 7) is 1.72. The van der Waals surface area contributed by atoms with Crippen LogP contribution in [0.3, 0.4) is 0 Å². The second-order valence-corrected chi connectivity index (χ2v) is 5.17. The molecule has 1 saturated carbocycles. The van der Waals surface area contributed by atoms with Crippen molar-refractivity contribution in [1.29, 1.82) is 0 Å². The van der Waals surface area contributed by atoms with Crippen molar-refractivity contribution in [1.82, 2.24) is 15.5 Å². The average molecular weight is 254 g/mol. The van der Waals surface area contributed by atoms with Crippen LogP contribution in [0.25, 0.3) is 0 Å². The Bertz CT molecular complexity index is 311. The largest absolute Gasteiger partial charge is 0.368 e. The van der Waals surface area contributed by atoms with Crippen molar-refractivity contribution < 1.29 is 9.59 Å². The summed E-state index contributed by atoms with van der Waals surface area (Å²) in [4.78, 5) is 24.9. The number of amides is 3. The minimum absolute atomic E-state index is 0.00486. The Morgan fingerprint density at radius 1 is 1.28 bits per heavy atom. The van der Waals surface area contributed by atoms with Crippen molar-refractivity contribution in [2.45, 2.75) is 44.2 Å². The van der Waals surface area contributed by atoms with E-state index < -0.39 is 5.91 Å². The highest BCUT2D eigenvalue weighted by molar-refractivity contribution is 5.83. The lowest BCUT2D eigenvalue weighted by Gasteiger charge is -2.36. The summed E-state index contributed by atoms with van der Waals surface area (Å²) in [5.41, 5.74) is 5.23. The van der Waals surface area contributed by atoms with Gasteiger partial charge < -0.3 is 21.3 Å². The second kappa shape index (κ2) is 6.04. The number of nitrogens with zero attached hydrogens (tertiary/aromatic N) is 1. The second-order valence-electron chi connectivity index (χ2n) is 5.17. The summed E-state index contributed by atoms with van der Waals surface area (Å²) >= 11 is 0. The number of hydrogen-bond acceptors (Lipinski definition) is 3. The number of nitrogens with two attached hydrogens (primary N) is 1. The third kappa shape index (κ3) is 3.35. The Balaban J connectivity index is 1.93. The van der Waals surface area contributed by atoms with Crippen LogP contribution in [0.5, 0.6) is 0 Å². The first-order valence-corrected chi connectivity index (χ1v) is 6.73. The first-order valence-electron chi connectivity index (χ1n) is 6.73. The molecule has 1 heterocycles. The van der Waals surface area contributed by atoms with Gasteiger partial charge in [-0.05, 0) is 38.6 Å². The van der Waals surface area contributed by atoms with Gasteiger partial charge in [0.15, 0.2) is 0 Å². The van der Waals surface area contributed by atoms with Crippen molar-refractivity contribution in [2.24, 2.45) is 5.73 Å². The SMILES string of the molecule is NC(=O)CN(C(=O)NC1CCC1)C1CCCNC1. The number of carbonyl (C=O) groups excluding carboxylic acids is 2. The molecule has 18 heavy (non-hydrogen) atoms. The molecule has 1 aliphatic heterocycles. The van der Waals surface area contributed by atoms with E-state index in [9.17, 15) is 9.59 Å². The van der Waals surface area contributed by atoms with Crippen molar-refractivity contribution in [3.05, 3.63) is 0 Å². The van der Waals surface area contributed by atoms with E-state index in [0.717, 1.165) is 38.8 Å². The number of piperidine rings is 1. The molecule has 1 aliphatic carbocycles. The van der Waals surface area contributed by atoms with E-state index in [2.05, 4.69) is 10.6 Å². The van der Waals surface area contributed by atoms with Gasteiger partial charge in [-0.1, -0.05) is 0 Å². The van der Waals surface area contributed by atoms with E-state index in [1.165, 1.54) is 6.42 Å². The summed E-state index contributed by atoms with van der Waals surface area (Å²) in [6.07, 6.45) is 5.21. The van der Waals surface area contributed by atoms with Crippen molar-refractivity contribution in [3.8, 4) is 0 Å². The lowest BCUT2D eigenvalue weighted by Crippen LogP contribution is -2.56. The van der Waals surface area contributed by atoms with E-state index in [0.29, 0.717) is 0 Å². The fraction of sp³-hybridized carbons (Fsp3) is 0.833. The van der Waals surface area contributed by atoms with Crippen LogP contribution in [0.4, 0.5) is 4.79 Å². The number of carbonyl (C=O) groups is 2. The van der Waals surface area contributed by atoms with Crippen LogP contribution in [-0.2, 0) is 4.79 Å². The van der Waals surface area contributed by atoms with Gasteiger partial charge in [-0.2, -0.15) is 0 Å². The van der Waals surface area contributed by atoms with Gasteiger partial charge in [0.25, 0.3) is 0 Å². The predicted molar refractivity (Wildman–Crippen MR) is 68.0 cm³/mol. The maximum absolute atomic E-state index is 12.2. The molecular formula is C12H22N4O2. The summed E-state index contributed by atoms with van der Waals surface area (Å²) in [7, 11) is 0. The number of primary amides is 1. The number of nitrogens with one attached hydrogen (secondary N) is 2. The van der Waals surface area contributed by atoms with E-state index in [-0.39, 0.29) is 24.7 Å². The normalized spacial score (nSPS) is 24.1. The molecule has 6 heteroatoms. The van der Waals surface area contributed by atoms with Gasteiger partial charge in [0.05, 0.1) is 0 Å². The summed E-state index contributed by atoms with van der Waals surface area (Å²) in [5.74, 6) is -0.454.